The SMILES string of the molecule is CCCCc1ccc(-c2ccc(C(=O)C[C@@H](CCN)C(=O)N[C@H](C(=O)C[C@@H](C)C(=O)N[C@@H](CCCCN)C(=O)C[C@@H](C)C(C)=O)[C@@H](C)O)cc2)cc1. The molecule has 0 spiro atoms. The second-order valence-corrected chi connectivity index (χ2v) is 14.1. The fraction of sp³-hybridized carbons (Fsp3) is 0.561. The lowest BCUT2D eigenvalue weighted by molar-refractivity contribution is -0.135. The molecule has 0 aliphatic heterocycles. The van der Waals surface area contributed by atoms with E-state index in [0.29, 0.717) is 31.4 Å². The fourth-order valence-corrected chi connectivity index (χ4v) is 5.93. The molecular formula is C41H60N4O7. The number of aliphatic hydroxyl groups excluding tert-OH is 1. The van der Waals surface area contributed by atoms with Gasteiger partial charge in [0.05, 0.1) is 12.1 Å². The predicted molar refractivity (Wildman–Crippen MR) is 203 cm³/mol. The number of aliphatic hydroxyl groups is 1. The zero-order valence-electron chi connectivity index (χ0n) is 31.6. The van der Waals surface area contributed by atoms with Crippen LogP contribution in [0.1, 0.15) is 108 Å². The summed E-state index contributed by atoms with van der Waals surface area (Å²) in [7, 11) is 0. The van der Waals surface area contributed by atoms with Crippen LogP contribution in [0.25, 0.3) is 11.1 Å². The zero-order valence-corrected chi connectivity index (χ0v) is 31.6. The summed E-state index contributed by atoms with van der Waals surface area (Å²) in [5.41, 5.74) is 15.1. The average Bonchev–Trinajstić information content (AvgIpc) is 3.12. The summed E-state index contributed by atoms with van der Waals surface area (Å²) in [6.07, 6.45) is 3.33. The Hall–Kier alpha value is -4.06. The van der Waals surface area contributed by atoms with Gasteiger partial charge in [0, 0.05) is 42.6 Å². The lowest BCUT2D eigenvalue weighted by Gasteiger charge is -2.25. The maximum Gasteiger partial charge on any atom is 0.224 e. The van der Waals surface area contributed by atoms with Crippen LogP contribution in [0, 0.1) is 17.8 Å². The third-order valence-corrected chi connectivity index (χ3v) is 9.57. The van der Waals surface area contributed by atoms with Crippen molar-refractivity contribution in [1.29, 1.82) is 0 Å². The topological polar surface area (TPSA) is 199 Å². The molecular weight excluding hydrogens is 660 g/mol. The third kappa shape index (κ3) is 14.5. The van der Waals surface area contributed by atoms with Crippen LogP contribution in [-0.2, 0) is 30.4 Å². The van der Waals surface area contributed by atoms with Crippen LogP contribution in [0.4, 0.5) is 0 Å². The van der Waals surface area contributed by atoms with Crippen LogP contribution in [0.5, 0.6) is 0 Å². The summed E-state index contributed by atoms with van der Waals surface area (Å²) in [5.74, 6) is -4.58. The molecule has 2 amide bonds. The molecule has 2 aromatic rings. The number of benzene rings is 2. The Morgan fingerprint density at radius 1 is 0.692 bits per heavy atom. The number of rotatable bonds is 25. The monoisotopic (exact) mass is 720 g/mol. The molecule has 11 heteroatoms. The molecule has 286 valence electrons. The van der Waals surface area contributed by atoms with Crippen molar-refractivity contribution in [3.8, 4) is 11.1 Å². The Morgan fingerprint density at radius 2 is 1.29 bits per heavy atom. The normalized spacial score (nSPS) is 14.7. The highest BCUT2D eigenvalue weighted by Crippen LogP contribution is 2.23. The molecule has 0 bridgehead atoms. The molecule has 52 heavy (non-hydrogen) atoms. The number of ketones is 4. The second kappa shape index (κ2) is 22.8. The Bertz CT molecular complexity index is 1470. The first kappa shape index (κ1) is 44.1. The minimum atomic E-state index is -1.33. The van der Waals surface area contributed by atoms with Gasteiger partial charge in [-0.3, -0.25) is 28.8 Å². The minimum Gasteiger partial charge on any atom is -0.391 e. The van der Waals surface area contributed by atoms with E-state index in [4.69, 9.17) is 11.5 Å². The van der Waals surface area contributed by atoms with E-state index in [2.05, 4.69) is 41.8 Å². The van der Waals surface area contributed by atoms with Gasteiger partial charge in [-0.15, -0.1) is 0 Å². The molecule has 0 aliphatic carbocycles. The van der Waals surface area contributed by atoms with Gasteiger partial charge in [-0.05, 0) is 82.2 Å². The van der Waals surface area contributed by atoms with E-state index in [1.54, 1.807) is 19.1 Å². The first-order valence-corrected chi connectivity index (χ1v) is 18.7. The van der Waals surface area contributed by atoms with E-state index >= 15 is 0 Å². The van der Waals surface area contributed by atoms with E-state index in [9.17, 15) is 33.9 Å². The first-order valence-electron chi connectivity index (χ1n) is 18.7. The molecule has 11 nitrogen and oxygen atoms in total. The molecule has 0 fully saturated rings. The number of Topliss-reactive ketones (excluding diaryl/α,β-unsaturated/α-hetero) is 4. The lowest BCUT2D eigenvalue weighted by Crippen LogP contribution is -2.51. The van der Waals surface area contributed by atoms with Crippen molar-refractivity contribution in [2.24, 2.45) is 29.2 Å². The molecule has 0 unspecified atom stereocenters. The largest absolute Gasteiger partial charge is 0.391 e. The van der Waals surface area contributed by atoms with Crippen molar-refractivity contribution in [2.45, 2.75) is 117 Å². The standard InChI is InChI=1S/C41H60N4O7/c1-6-7-10-30-12-14-31(15-13-30)32-16-18-33(19-17-32)36(48)25-34(20-22-43)41(52)45-39(29(5)47)38(50)24-27(3)40(51)44-35(11-8-9-21-42)37(49)23-26(2)28(4)46/h12-19,26-27,29,34-35,39,47H,6-11,20-25,42-43H2,1-5H3,(H,44,51)(H,45,52)/t26-,27-,29-,34-,35+,39+/m1/s1. The van der Waals surface area contributed by atoms with Gasteiger partial charge in [-0.1, -0.05) is 75.7 Å². The van der Waals surface area contributed by atoms with Gasteiger partial charge in [0.25, 0.3) is 0 Å². The molecule has 0 radical (unpaired) electrons. The van der Waals surface area contributed by atoms with E-state index in [0.717, 1.165) is 30.4 Å². The Labute approximate surface area is 309 Å². The number of hydrogen-bond acceptors (Lipinski definition) is 9. The molecule has 0 aliphatic rings. The van der Waals surface area contributed by atoms with Crippen LogP contribution in [0.3, 0.4) is 0 Å². The highest BCUT2D eigenvalue weighted by molar-refractivity contribution is 6.00. The summed E-state index contributed by atoms with van der Waals surface area (Å²) in [5, 5.41) is 15.8. The van der Waals surface area contributed by atoms with Crippen molar-refractivity contribution in [3.63, 3.8) is 0 Å². The maximum absolute atomic E-state index is 13.4. The smallest absolute Gasteiger partial charge is 0.224 e. The number of carbonyl (C=O) groups is 6. The van der Waals surface area contributed by atoms with Gasteiger partial charge in [0.1, 0.15) is 11.8 Å². The van der Waals surface area contributed by atoms with E-state index in [-0.39, 0.29) is 49.6 Å². The van der Waals surface area contributed by atoms with Crippen LogP contribution < -0.4 is 22.1 Å². The van der Waals surface area contributed by atoms with Crippen molar-refractivity contribution in [2.75, 3.05) is 13.1 Å². The molecule has 7 N–H and O–H groups in total. The molecule has 2 aromatic carbocycles. The van der Waals surface area contributed by atoms with Gasteiger partial charge in [-0.25, -0.2) is 0 Å². The quantitative estimate of drug-likeness (QED) is 0.0724. The molecule has 0 aromatic heterocycles. The number of carbonyl (C=O) groups excluding carboxylic acids is 6. The number of nitrogens with two attached hydrogens (primary N) is 2. The third-order valence-electron chi connectivity index (χ3n) is 9.57. The molecule has 0 saturated carbocycles. The highest BCUT2D eigenvalue weighted by atomic mass is 16.3. The number of nitrogens with one attached hydrogen (secondary N) is 2. The van der Waals surface area contributed by atoms with Gasteiger partial charge in [-0.2, -0.15) is 0 Å². The van der Waals surface area contributed by atoms with Crippen LogP contribution in [0.15, 0.2) is 48.5 Å². The summed E-state index contributed by atoms with van der Waals surface area (Å²) < 4.78 is 0. The van der Waals surface area contributed by atoms with Crippen molar-refractivity contribution < 1.29 is 33.9 Å². The van der Waals surface area contributed by atoms with Crippen molar-refractivity contribution in [3.05, 3.63) is 59.7 Å². The summed E-state index contributed by atoms with van der Waals surface area (Å²) >= 11 is 0. The molecule has 6 atom stereocenters. The second-order valence-electron chi connectivity index (χ2n) is 14.1. The Kier molecular flexibility index (Phi) is 19.3. The van der Waals surface area contributed by atoms with E-state index in [1.807, 2.05) is 12.1 Å². The minimum absolute atomic E-state index is 0.0161. The fourth-order valence-electron chi connectivity index (χ4n) is 5.93. The first-order chi connectivity index (χ1) is 24.7. The van der Waals surface area contributed by atoms with Crippen molar-refractivity contribution >= 4 is 34.9 Å². The van der Waals surface area contributed by atoms with Gasteiger partial charge in [0.2, 0.25) is 11.8 Å². The van der Waals surface area contributed by atoms with E-state index < -0.39 is 53.5 Å². The van der Waals surface area contributed by atoms with Crippen molar-refractivity contribution in [1.82, 2.24) is 10.6 Å². The molecule has 2 rings (SSSR count). The maximum atomic E-state index is 13.4. The Morgan fingerprint density at radius 3 is 1.83 bits per heavy atom. The number of hydrogen-bond donors (Lipinski definition) is 5. The predicted octanol–water partition coefficient (Wildman–Crippen LogP) is 4.49. The highest BCUT2D eigenvalue weighted by Gasteiger charge is 2.32. The van der Waals surface area contributed by atoms with Crippen LogP contribution in [-0.4, -0.2) is 71.3 Å². The number of amides is 2. The van der Waals surface area contributed by atoms with Crippen LogP contribution in [0.2, 0.25) is 0 Å². The number of aryl methyl sites for hydroxylation is 1. The van der Waals surface area contributed by atoms with Crippen LogP contribution >= 0.6 is 0 Å². The van der Waals surface area contributed by atoms with Gasteiger partial charge < -0.3 is 27.2 Å². The van der Waals surface area contributed by atoms with E-state index in [1.165, 1.54) is 26.3 Å². The molecule has 0 saturated heterocycles. The summed E-state index contributed by atoms with van der Waals surface area (Å²) in [6, 6.07) is 13.4. The zero-order chi connectivity index (χ0) is 38.8. The van der Waals surface area contributed by atoms with Gasteiger partial charge >= 0.3 is 0 Å². The summed E-state index contributed by atoms with van der Waals surface area (Å²) in [4.78, 5) is 77.9. The average molecular weight is 721 g/mol. The number of unbranched alkanes of at least 4 members (excludes halogenated alkanes) is 2. The molecule has 0 heterocycles. The summed E-state index contributed by atoms with van der Waals surface area (Å²) in [6.45, 7) is 8.67. The Balaban J connectivity index is 2.06. The lowest BCUT2D eigenvalue weighted by atomic mass is 9.91. The van der Waals surface area contributed by atoms with Gasteiger partial charge in [0.15, 0.2) is 17.3 Å².